The fraction of sp³-hybridized carbons (Fsp3) is 0.900. The Hall–Kier alpha value is -0.320. The fourth-order valence-corrected chi connectivity index (χ4v) is 2.66. The highest BCUT2D eigenvalue weighted by molar-refractivity contribution is 5.85. The lowest BCUT2D eigenvalue weighted by molar-refractivity contribution is -0.231. The zero-order valence-corrected chi connectivity index (χ0v) is 9.77. The molecule has 2 N–H and O–H groups in total. The standard InChI is InChI=1S/C10H17NO3.ClH/c1-2-13-8(12)9-3-4-14-10(5-9,6-9)7-11;/h2-7,11H2,1H3;1H. The third-order valence-electron chi connectivity index (χ3n) is 3.39. The maximum atomic E-state index is 11.7. The van der Waals surface area contributed by atoms with Crippen molar-refractivity contribution in [2.24, 2.45) is 11.1 Å². The third-order valence-corrected chi connectivity index (χ3v) is 3.39. The van der Waals surface area contributed by atoms with Crippen LogP contribution in [0.3, 0.4) is 0 Å². The molecule has 5 heteroatoms. The van der Waals surface area contributed by atoms with Crippen molar-refractivity contribution < 1.29 is 14.3 Å². The van der Waals surface area contributed by atoms with Crippen LogP contribution in [0.5, 0.6) is 0 Å². The molecule has 0 aromatic rings. The molecule has 88 valence electrons. The van der Waals surface area contributed by atoms with Gasteiger partial charge in [-0.25, -0.2) is 0 Å². The molecule has 0 aromatic carbocycles. The molecule has 0 atom stereocenters. The Bertz CT molecular complexity index is 251. The summed E-state index contributed by atoms with van der Waals surface area (Å²) >= 11 is 0. The van der Waals surface area contributed by atoms with Gasteiger partial charge in [0.05, 0.1) is 17.6 Å². The lowest BCUT2D eigenvalue weighted by Gasteiger charge is -2.57. The highest BCUT2D eigenvalue weighted by atomic mass is 35.5. The first kappa shape index (κ1) is 12.7. The summed E-state index contributed by atoms with van der Waals surface area (Å²) in [6.45, 7) is 3.43. The van der Waals surface area contributed by atoms with Gasteiger partial charge in [0.15, 0.2) is 0 Å². The Morgan fingerprint density at radius 2 is 2.20 bits per heavy atom. The van der Waals surface area contributed by atoms with Gasteiger partial charge in [-0.1, -0.05) is 0 Å². The number of fused-ring (bicyclic) bond motifs is 2. The fourth-order valence-electron chi connectivity index (χ4n) is 2.66. The number of halogens is 1. The molecule has 3 aliphatic rings. The normalized spacial score (nSPS) is 37.5. The number of nitrogens with two attached hydrogens (primary N) is 1. The Kier molecular flexibility index (Phi) is 3.63. The van der Waals surface area contributed by atoms with Crippen LogP contribution >= 0.6 is 12.4 Å². The van der Waals surface area contributed by atoms with E-state index in [2.05, 4.69) is 0 Å². The molecule has 3 fully saturated rings. The Balaban J connectivity index is 0.00000112. The minimum absolute atomic E-state index is 0. The van der Waals surface area contributed by atoms with Crippen molar-refractivity contribution >= 4 is 18.4 Å². The average Bonchev–Trinajstić information content (AvgIpc) is 2.17. The van der Waals surface area contributed by atoms with E-state index >= 15 is 0 Å². The number of ether oxygens (including phenoxy) is 2. The van der Waals surface area contributed by atoms with Crippen molar-refractivity contribution in [1.29, 1.82) is 0 Å². The quantitative estimate of drug-likeness (QED) is 0.738. The van der Waals surface area contributed by atoms with Gasteiger partial charge in [0, 0.05) is 13.2 Å². The van der Waals surface area contributed by atoms with Crippen LogP contribution in [0.1, 0.15) is 26.2 Å². The minimum atomic E-state index is -0.270. The van der Waals surface area contributed by atoms with Crippen LogP contribution in [0.2, 0.25) is 0 Å². The average molecular weight is 236 g/mol. The van der Waals surface area contributed by atoms with E-state index in [1.165, 1.54) is 0 Å². The second-order valence-corrected chi connectivity index (χ2v) is 4.34. The van der Waals surface area contributed by atoms with Crippen molar-refractivity contribution in [3.8, 4) is 0 Å². The van der Waals surface area contributed by atoms with Gasteiger partial charge in [0.1, 0.15) is 0 Å². The second-order valence-electron chi connectivity index (χ2n) is 4.34. The maximum absolute atomic E-state index is 11.7. The summed E-state index contributed by atoms with van der Waals surface area (Å²) < 4.78 is 10.7. The molecule has 2 aliphatic heterocycles. The largest absolute Gasteiger partial charge is 0.466 e. The number of carbonyl (C=O) groups excluding carboxylic acids is 1. The Morgan fingerprint density at radius 1 is 1.53 bits per heavy atom. The van der Waals surface area contributed by atoms with E-state index in [9.17, 15) is 4.79 Å². The number of rotatable bonds is 3. The van der Waals surface area contributed by atoms with E-state index in [0.29, 0.717) is 19.8 Å². The molecule has 1 saturated carbocycles. The molecule has 1 aliphatic carbocycles. The minimum Gasteiger partial charge on any atom is -0.466 e. The van der Waals surface area contributed by atoms with Crippen molar-refractivity contribution in [3.63, 3.8) is 0 Å². The second kappa shape index (κ2) is 4.28. The predicted octanol–water partition coefficient (Wildman–Crippen LogP) is 0.869. The van der Waals surface area contributed by atoms with Crippen molar-refractivity contribution in [2.45, 2.75) is 31.8 Å². The van der Waals surface area contributed by atoms with E-state index < -0.39 is 0 Å². The summed E-state index contributed by atoms with van der Waals surface area (Å²) in [6.07, 6.45) is 2.28. The smallest absolute Gasteiger partial charge is 0.312 e. The van der Waals surface area contributed by atoms with Crippen LogP contribution in [0, 0.1) is 5.41 Å². The first-order chi connectivity index (χ1) is 6.66. The third kappa shape index (κ3) is 1.86. The van der Waals surface area contributed by atoms with Crippen LogP contribution in [0.25, 0.3) is 0 Å². The van der Waals surface area contributed by atoms with Crippen molar-refractivity contribution in [1.82, 2.24) is 0 Å². The van der Waals surface area contributed by atoms with Crippen LogP contribution in [-0.4, -0.2) is 31.3 Å². The van der Waals surface area contributed by atoms with Gasteiger partial charge in [-0.15, -0.1) is 12.4 Å². The summed E-state index contributed by atoms with van der Waals surface area (Å²) in [5.74, 6) is -0.0626. The molecule has 2 bridgehead atoms. The van der Waals surface area contributed by atoms with Gasteiger partial charge < -0.3 is 15.2 Å². The molecule has 2 saturated heterocycles. The van der Waals surface area contributed by atoms with Crippen LogP contribution in [0.4, 0.5) is 0 Å². The molecule has 3 rings (SSSR count). The van der Waals surface area contributed by atoms with Gasteiger partial charge in [-0.2, -0.15) is 0 Å². The molecular weight excluding hydrogens is 218 g/mol. The van der Waals surface area contributed by atoms with Gasteiger partial charge in [-0.05, 0) is 26.2 Å². The SMILES string of the molecule is CCOC(=O)C12CCOC(CN)(C1)C2.Cl. The molecule has 0 spiro atoms. The van der Waals surface area contributed by atoms with E-state index in [1.807, 2.05) is 6.92 Å². The molecule has 0 unspecified atom stereocenters. The zero-order valence-electron chi connectivity index (χ0n) is 8.95. The number of hydrogen-bond acceptors (Lipinski definition) is 4. The summed E-state index contributed by atoms with van der Waals surface area (Å²) in [7, 11) is 0. The number of carbonyl (C=O) groups is 1. The number of hydrogen-bond donors (Lipinski definition) is 1. The van der Waals surface area contributed by atoms with Crippen molar-refractivity contribution in [3.05, 3.63) is 0 Å². The summed E-state index contributed by atoms with van der Waals surface area (Å²) in [6, 6.07) is 0. The molecule has 4 nitrogen and oxygen atoms in total. The van der Waals surface area contributed by atoms with E-state index in [-0.39, 0.29) is 29.4 Å². The highest BCUT2D eigenvalue weighted by Gasteiger charge is 2.62. The van der Waals surface area contributed by atoms with Gasteiger partial charge in [0.2, 0.25) is 0 Å². The summed E-state index contributed by atoms with van der Waals surface area (Å²) in [4.78, 5) is 11.7. The Morgan fingerprint density at radius 3 is 2.73 bits per heavy atom. The lowest BCUT2D eigenvalue weighted by atomic mass is 9.55. The highest BCUT2D eigenvalue weighted by Crippen LogP contribution is 2.56. The lowest BCUT2D eigenvalue weighted by Crippen LogP contribution is -2.65. The predicted molar refractivity (Wildman–Crippen MR) is 57.9 cm³/mol. The Labute approximate surface area is 95.9 Å². The van der Waals surface area contributed by atoms with Gasteiger partial charge >= 0.3 is 5.97 Å². The molecule has 15 heavy (non-hydrogen) atoms. The molecule has 0 amide bonds. The van der Waals surface area contributed by atoms with Crippen LogP contribution in [-0.2, 0) is 14.3 Å². The molecule has 2 heterocycles. The monoisotopic (exact) mass is 235 g/mol. The summed E-state index contributed by atoms with van der Waals surface area (Å²) in [5, 5.41) is 0. The molecule has 0 aromatic heterocycles. The summed E-state index contributed by atoms with van der Waals surface area (Å²) in [5.41, 5.74) is 5.14. The van der Waals surface area contributed by atoms with Gasteiger partial charge in [0.25, 0.3) is 0 Å². The van der Waals surface area contributed by atoms with Crippen molar-refractivity contribution in [2.75, 3.05) is 19.8 Å². The first-order valence-corrected chi connectivity index (χ1v) is 5.18. The van der Waals surface area contributed by atoms with Gasteiger partial charge in [-0.3, -0.25) is 4.79 Å². The van der Waals surface area contributed by atoms with Crippen LogP contribution in [0.15, 0.2) is 0 Å². The first-order valence-electron chi connectivity index (χ1n) is 5.18. The van der Waals surface area contributed by atoms with E-state index in [4.69, 9.17) is 15.2 Å². The van der Waals surface area contributed by atoms with E-state index in [1.54, 1.807) is 0 Å². The number of esters is 1. The molecule has 0 radical (unpaired) electrons. The molecular formula is C10H18ClNO3. The topological polar surface area (TPSA) is 61.5 Å². The van der Waals surface area contributed by atoms with Crippen LogP contribution < -0.4 is 5.73 Å². The van der Waals surface area contributed by atoms with E-state index in [0.717, 1.165) is 19.3 Å². The maximum Gasteiger partial charge on any atom is 0.312 e. The zero-order chi connectivity index (χ0) is 10.2.